The second-order valence-corrected chi connectivity index (χ2v) is 5.61. The lowest BCUT2D eigenvalue weighted by Gasteiger charge is -2.03. The van der Waals surface area contributed by atoms with Gasteiger partial charge < -0.3 is 9.84 Å². The first kappa shape index (κ1) is 17.8. The number of benzene rings is 1. The molecule has 114 valence electrons. The van der Waals surface area contributed by atoms with Crippen LogP contribution in [-0.4, -0.2) is 17.7 Å². The average molecular weight is 329 g/mol. The van der Waals surface area contributed by atoms with E-state index in [1.807, 2.05) is 13.0 Å². The zero-order valence-corrected chi connectivity index (χ0v) is 13.3. The van der Waals surface area contributed by atoms with Gasteiger partial charge in [-0.2, -0.15) is 0 Å². The lowest BCUT2D eigenvalue weighted by molar-refractivity contribution is 0.0696. The second-order valence-electron chi connectivity index (χ2n) is 4.60. The number of aromatic carboxylic acids is 1. The number of carboxylic acid groups (broad SMARTS) is 1. The molecule has 0 aliphatic heterocycles. The first-order valence-electron chi connectivity index (χ1n) is 6.56. The van der Waals surface area contributed by atoms with Gasteiger partial charge in [-0.25, -0.2) is 4.79 Å². The highest BCUT2D eigenvalue weighted by atomic mass is 35.5. The van der Waals surface area contributed by atoms with Crippen molar-refractivity contribution in [3.63, 3.8) is 0 Å². The predicted octanol–water partition coefficient (Wildman–Crippen LogP) is 4.95. The van der Waals surface area contributed by atoms with Crippen LogP contribution < -0.4 is 0 Å². The van der Waals surface area contributed by atoms with E-state index in [1.54, 1.807) is 30.3 Å². The van der Waals surface area contributed by atoms with Crippen LogP contribution in [0.5, 0.6) is 0 Å². The molecule has 0 spiro atoms. The smallest absolute Gasteiger partial charge is 0.335 e. The Balaban J connectivity index is 2.29. The van der Waals surface area contributed by atoms with Gasteiger partial charge >= 0.3 is 5.97 Å². The van der Waals surface area contributed by atoms with Crippen LogP contribution in [0, 0.1) is 0 Å². The third kappa shape index (κ3) is 7.90. The Kier molecular flexibility index (Phi) is 8.13. The summed E-state index contributed by atoms with van der Waals surface area (Å²) in [5, 5.41) is 8.80. The number of halogens is 2. The first-order chi connectivity index (χ1) is 9.99. The lowest BCUT2D eigenvalue weighted by Crippen LogP contribution is -1.98. The van der Waals surface area contributed by atoms with Gasteiger partial charge in [-0.1, -0.05) is 53.1 Å². The summed E-state index contributed by atoms with van der Waals surface area (Å²) in [6.07, 6.45) is 5.48. The zero-order chi connectivity index (χ0) is 15.7. The van der Waals surface area contributed by atoms with Crippen molar-refractivity contribution < 1.29 is 14.6 Å². The number of allylic oxidation sites excluding steroid dienone is 2. The molecule has 0 fully saturated rings. The van der Waals surface area contributed by atoms with Crippen molar-refractivity contribution in [3.8, 4) is 0 Å². The quantitative estimate of drug-likeness (QED) is 0.542. The maximum atomic E-state index is 10.7. The van der Waals surface area contributed by atoms with Crippen molar-refractivity contribution in [2.24, 2.45) is 0 Å². The molecule has 0 aromatic heterocycles. The number of hydrogen-bond donors (Lipinski definition) is 1. The zero-order valence-electron chi connectivity index (χ0n) is 11.8. The number of ether oxygens (including phenoxy) is 1. The summed E-state index contributed by atoms with van der Waals surface area (Å²) in [7, 11) is 0. The summed E-state index contributed by atoms with van der Waals surface area (Å²) in [5.74, 6) is -0.924. The van der Waals surface area contributed by atoms with Crippen molar-refractivity contribution in [2.75, 3.05) is 6.61 Å². The Morgan fingerprint density at radius 3 is 2.48 bits per heavy atom. The molecule has 21 heavy (non-hydrogen) atoms. The molecule has 5 heteroatoms. The molecule has 1 aromatic rings. The van der Waals surface area contributed by atoms with Crippen LogP contribution >= 0.6 is 23.2 Å². The molecule has 0 saturated carbocycles. The minimum absolute atomic E-state index is 0.278. The average Bonchev–Trinajstić information content (AvgIpc) is 2.43. The van der Waals surface area contributed by atoms with E-state index in [2.05, 4.69) is 0 Å². The molecule has 0 atom stereocenters. The monoisotopic (exact) mass is 328 g/mol. The number of carbonyl (C=O) groups is 1. The highest BCUT2D eigenvalue weighted by Gasteiger charge is 2.01. The minimum Gasteiger partial charge on any atom is -0.478 e. The summed E-state index contributed by atoms with van der Waals surface area (Å²) in [6.45, 7) is 3.00. The number of rotatable bonds is 8. The van der Waals surface area contributed by atoms with Crippen LogP contribution in [0.25, 0.3) is 0 Å². The highest BCUT2D eigenvalue weighted by molar-refractivity contribution is 6.55. The summed E-state index contributed by atoms with van der Waals surface area (Å²) in [4.78, 5) is 10.7. The Morgan fingerprint density at radius 2 is 1.90 bits per heavy atom. The predicted molar refractivity (Wildman–Crippen MR) is 85.8 cm³/mol. The summed E-state index contributed by atoms with van der Waals surface area (Å²) in [5.41, 5.74) is 2.44. The van der Waals surface area contributed by atoms with Crippen molar-refractivity contribution in [1.29, 1.82) is 0 Å². The van der Waals surface area contributed by atoms with Crippen LogP contribution in [0.4, 0.5) is 0 Å². The fourth-order valence-corrected chi connectivity index (χ4v) is 1.85. The minimum atomic E-state index is -0.924. The molecule has 1 aromatic carbocycles. The van der Waals surface area contributed by atoms with E-state index in [0.717, 1.165) is 18.4 Å². The van der Waals surface area contributed by atoms with Crippen LogP contribution in [0.3, 0.4) is 0 Å². The molecule has 0 amide bonds. The van der Waals surface area contributed by atoms with Gasteiger partial charge in [-0.05, 0) is 37.5 Å². The summed E-state index contributed by atoms with van der Waals surface area (Å²) >= 11 is 11.1. The summed E-state index contributed by atoms with van der Waals surface area (Å²) < 4.78 is 5.82. The van der Waals surface area contributed by atoms with E-state index >= 15 is 0 Å². The molecule has 0 bridgehead atoms. The van der Waals surface area contributed by atoms with Gasteiger partial charge in [-0.3, -0.25) is 0 Å². The lowest BCUT2D eigenvalue weighted by atomic mass is 10.1. The number of carboxylic acids is 1. The maximum Gasteiger partial charge on any atom is 0.335 e. The highest BCUT2D eigenvalue weighted by Crippen LogP contribution is 2.12. The molecule has 0 radical (unpaired) electrons. The first-order valence-corrected chi connectivity index (χ1v) is 7.31. The van der Waals surface area contributed by atoms with Gasteiger partial charge in [0.15, 0.2) is 0 Å². The van der Waals surface area contributed by atoms with Gasteiger partial charge in [0.2, 0.25) is 0 Å². The van der Waals surface area contributed by atoms with Crippen molar-refractivity contribution in [1.82, 2.24) is 0 Å². The molecule has 0 heterocycles. The fraction of sp³-hybridized carbons (Fsp3) is 0.312. The van der Waals surface area contributed by atoms with Crippen LogP contribution in [-0.2, 0) is 11.3 Å². The molecule has 0 saturated heterocycles. The van der Waals surface area contributed by atoms with Gasteiger partial charge in [0.25, 0.3) is 0 Å². The Hall–Kier alpha value is -1.29. The van der Waals surface area contributed by atoms with Crippen LogP contribution in [0.15, 0.2) is 46.5 Å². The topological polar surface area (TPSA) is 46.5 Å². The van der Waals surface area contributed by atoms with Crippen LogP contribution in [0.2, 0.25) is 0 Å². The Labute approximate surface area is 134 Å². The van der Waals surface area contributed by atoms with Gasteiger partial charge in [-0.15, -0.1) is 0 Å². The largest absolute Gasteiger partial charge is 0.478 e. The third-order valence-electron chi connectivity index (χ3n) is 2.86. The van der Waals surface area contributed by atoms with Crippen molar-refractivity contribution >= 4 is 29.2 Å². The molecule has 0 unspecified atom stereocenters. The molecule has 1 rings (SSSR count). The van der Waals surface area contributed by atoms with Crippen LogP contribution in [0.1, 0.15) is 35.7 Å². The molecule has 0 aliphatic rings. The van der Waals surface area contributed by atoms with Crippen molar-refractivity contribution in [3.05, 3.63) is 57.6 Å². The van der Waals surface area contributed by atoms with Gasteiger partial charge in [0, 0.05) is 0 Å². The molecule has 1 N–H and O–H groups in total. The van der Waals surface area contributed by atoms with E-state index in [4.69, 9.17) is 33.0 Å². The third-order valence-corrected chi connectivity index (χ3v) is 3.17. The van der Waals surface area contributed by atoms with E-state index in [0.29, 0.717) is 17.7 Å². The number of hydrogen-bond acceptors (Lipinski definition) is 2. The van der Waals surface area contributed by atoms with Crippen molar-refractivity contribution in [2.45, 2.75) is 26.4 Å². The summed E-state index contributed by atoms with van der Waals surface area (Å²) in [6, 6.07) is 6.66. The Morgan fingerprint density at radius 1 is 1.24 bits per heavy atom. The SMILES string of the molecule is CC(=CCOCc1ccc(C(=O)O)cc1)CCC=C(Cl)Cl. The van der Waals surface area contributed by atoms with E-state index < -0.39 is 5.97 Å². The maximum absolute atomic E-state index is 10.7. The molecular weight excluding hydrogens is 311 g/mol. The molecular formula is C16H18Cl2O3. The van der Waals surface area contributed by atoms with Gasteiger partial charge in [0.05, 0.1) is 18.8 Å². The van der Waals surface area contributed by atoms with E-state index in [1.165, 1.54) is 5.57 Å². The Bertz CT molecular complexity index is 515. The van der Waals surface area contributed by atoms with E-state index in [-0.39, 0.29) is 5.56 Å². The van der Waals surface area contributed by atoms with Gasteiger partial charge in [0.1, 0.15) is 4.49 Å². The normalized spacial score (nSPS) is 11.3. The standard InChI is InChI=1S/C16H18Cl2O3/c1-12(3-2-4-15(17)18)9-10-21-11-13-5-7-14(8-6-13)16(19)20/h4-9H,2-3,10-11H2,1H3,(H,19,20). The fourth-order valence-electron chi connectivity index (χ4n) is 1.63. The second kappa shape index (κ2) is 9.61. The molecule has 0 aliphatic carbocycles. The molecule has 3 nitrogen and oxygen atoms in total. The van der Waals surface area contributed by atoms with E-state index in [9.17, 15) is 4.79 Å².